The fraction of sp³-hybridized carbons (Fsp3) is 0.857. The summed E-state index contributed by atoms with van der Waals surface area (Å²) in [6.07, 6.45) is 2.42. The number of nitrogens with one attached hydrogen (secondary N) is 2. The van der Waals surface area contributed by atoms with Gasteiger partial charge in [-0.3, -0.25) is 9.59 Å². The molecule has 0 aromatic rings. The predicted molar refractivity (Wildman–Crippen MR) is 73.6 cm³/mol. The van der Waals surface area contributed by atoms with Gasteiger partial charge in [-0.15, -0.1) is 0 Å². The van der Waals surface area contributed by atoms with Crippen molar-refractivity contribution in [3.63, 3.8) is 0 Å². The molecule has 108 valence electrons. The Hall–Kier alpha value is -1.10. The molecule has 2 heterocycles. The minimum atomic E-state index is 0.0367. The molecule has 2 aliphatic rings. The van der Waals surface area contributed by atoms with Crippen molar-refractivity contribution in [3.8, 4) is 0 Å². The third-order valence-electron chi connectivity index (χ3n) is 4.26. The van der Waals surface area contributed by atoms with Crippen LogP contribution >= 0.6 is 0 Å². The fourth-order valence-corrected chi connectivity index (χ4v) is 3.07. The van der Waals surface area contributed by atoms with Crippen molar-refractivity contribution in [2.24, 2.45) is 11.8 Å². The highest BCUT2D eigenvalue weighted by atomic mass is 16.2. The van der Waals surface area contributed by atoms with Gasteiger partial charge in [-0.2, -0.15) is 0 Å². The summed E-state index contributed by atoms with van der Waals surface area (Å²) in [5.74, 6) is 0.897. The van der Waals surface area contributed by atoms with Gasteiger partial charge in [-0.05, 0) is 25.3 Å². The lowest BCUT2D eigenvalue weighted by atomic mass is 9.85. The summed E-state index contributed by atoms with van der Waals surface area (Å²) in [5.41, 5.74) is 0. The Morgan fingerprint density at radius 1 is 1.53 bits per heavy atom. The molecule has 5 nitrogen and oxygen atoms in total. The van der Waals surface area contributed by atoms with Crippen LogP contribution in [0.1, 0.15) is 33.1 Å². The summed E-state index contributed by atoms with van der Waals surface area (Å²) >= 11 is 0. The number of fused-ring (bicyclic) bond motifs is 1. The zero-order valence-corrected chi connectivity index (χ0v) is 11.9. The Morgan fingerprint density at radius 3 is 3.05 bits per heavy atom. The van der Waals surface area contributed by atoms with E-state index in [1.165, 1.54) is 0 Å². The molecular formula is C14H25N3O2. The van der Waals surface area contributed by atoms with E-state index in [0.29, 0.717) is 12.3 Å². The SMILES string of the molecule is CCNCC(C)C(=O)N1CCC2NC(=O)CCC2C1. The van der Waals surface area contributed by atoms with E-state index >= 15 is 0 Å². The van der Waals surface area contributed by atoms with Gasteiger partial charge in [0.15, 0.2) is 0 Å². The van der Waals surface area contributed by atoms with Crippen LogP contribution in [0.15, 0.2) is 0 Å². The first kappa shape index (κ1) is 14.3. The van der Waals surface area contributed by atoms with E-state index in [1.54, 1.807) is 0 Å². The molecule has 0 aromatic carbocycles. The third kappa shape index (κ3) is 3.47. The first-order valence-corrected chi connectivity index (χ1v) is 7.40. The minimum Gasteiger partial charge on any atom is -0.353 e. The summed E-state index contributed by atoms with van der Waals surface area (Å²) in [7, 11) is 0. The Kier molecular flexibility index (Phi) is 4.80. The topological polar surface area (TPSA) is 61.4 Å². The summed E-state index contributed by atoms with van der Waals surface area (Å²) < 4.78 is 0. The Labute approximate surface area is 115 Å². The molecule has 3 unspecified atom stereocenters. The van der Waals surface area contributed by atoms with Crippen LogP contribution in [0.4, 0.5) is 0 Å². The number of nitrogens with zero attached hydrogens (tertiary/aromatic N) is 1. The average molecular weight is 267 g/mol. The van der Waals surface area contributed by atoms with Crippen LogP contribution in [0.3, 0.4) is 0 Å². The lowest BCUT2D eigenvalue weighted by molar-refractivity contribution is -0.138. The molecule has 2 saturated heterocycles. The second kappa shape index (κ2) is 6.37. The Bertz CT molecular complexity index is 346. The Morgan fingerprint density at radius 2 is 2.32 bits per heavy atom. The number of carbonyl (C=O) groups excluding carboxylic acids is 2. The maximum atomic E-state index is 12.3. The summed E-state index contributed by atoms with van der Waals surface area (Å²) in [6.45, 7) is 7.26. The number of carbonyl (C=O) groups is 2. The van der Waals surface area contributed by atoms with Crippen molar-refractivity contribution in [1.82, 2.24) is 15.5 Å². The fourth-order valence-electron chi connectivity index (χ4n) is 3.07. The second-order valence-electron chi connectivity index (χ2n) is 5.75. The molecule has 0 bridgehead atoms. The molecule has 2 rings (SSSR count). The molecule has 0 radical (unpaired) electrons. The minimum absolute atomic E-state index is 0.0367. The van der Waals surface area contributed by atoms with Gasteiger partial charge in [0.25, 0.3) is 0 Å². The molecule has 2 fully saturated rings. The monoisotopic (exact) mass is 267 g/mol. The van der Waals surface area contributed by atoms with Crippen LogP contribution in [0.25, 0.3) is 0 Å². The molecule has 0 saturated carbocycles. The largest absolute Gasteiger partial charge is 0.353 e. The van der Waals surface area contributed by atoms with Crippen molar-refractivity contribution in [2.45, 2.75) is 39.2 Å². The number of amides is 2. The third-order valence-corrected chi connectivity index (χ3v) is 4.26. The van der Waals surface area contributed by atoms with Crippen LogP contribution in [0.2, 0.25) is 0 Å². The molecule has 2 aliphatic heterocycles. The van der Waals surface area contributed by atoms with Crippen molar-refractivity contribution in [1.29, 1.82) is 0 Å². The van der Waals surface area contributed by atoms with Gasteiger partial charge in [-0.1, -0.05) is 13.8 Å². The van der Waals surface area contributed by atoms with Crippen LogP contribution < -0.4 is 10.6 Å². The lowest BCUT2D eigenvalue weighted by Crippen LogP contribution is -2.56. The number of piperidine rings is 2. The molecule has 0 spiro atoms. The normalized spacial score (nSPS) is 28.5. The van der Waals surface area contributed by atoms with E-state index in [0.717, 1.165) is 39.0 Å². The zero-order valence-electron chi connectivity index (χ0n) is 11.9. The molecule has 2 amide bonds. The average Bonchev–Trinajstić information content (AvgIpc) is 2.43. The summed E-state index contributed by atoms with van der Waals surface area (Å²) in [5, 5.41) is 6.28. The van der Waals surface area contributed by atoms with E-state index in [1.807, 2.05) is 18.7 Å². The van der Waals surface area contributed by atoms with Crippen molar-refractivity contribution < 1.29 is 9.59 Å². The zero-order chi connectivity index (χ0) is 13.8. The number of hydrogen-bond acceptors (Lipinski definition) is 3. The van der Waals surface area contributed by atoms with Crippen molar-refractivity contribution >= 4 is 11.8 Å². The van der Waals surface area contributed by atoms with E-state index in [-0.39, 0.29) is 23.8 Å². The predicted octanol–water partition coefficient (Wildman–Crippen LogP) is 0.359. The van der Waals surface area contributed by atoms with Crippen LogP contribution in [0.5, 0.6) is 0 Å². The molecule has 0 aromatic heterocycles. The molecule has 2 N–H and O–H groups in total. The van der Waals surface area contributed by atoms with Crippen molar-refractivity contribution in [3.05, 3.63) is 0 Å². The molecule has 19 heavy (non-hydrogen) atoms. The van der Waals surface area contributed by atoms with Gasteiger partial charge in [0.05, 0.1) is 0 Å². The van der Waals surface area contributed by atoms with Gasteiger partial charge in [0.2, 0.25) is 11.8 Å². The highest BCUT2D eigenvalue weighted by molar-refractivity contribution is 5.79. The van der Waals surface area contributed by atoms with Crippen LogP contribution in [0, 0.1) is 11.8 Å². The summed E-state index contributed by atoms with van der Waals surface area (Å²) in [4.78, 5) is 25.7. The van der Waals surface area contributed by atoms with Gasteiger partial charge < -0.3 is 15.5 Å². The lowest BCUT2D eigenvalue weighted by Gasteiger charge is -2.42. The van der Waals surface area contributed by atoms with Gasteiger partial charge in [0.1, 0.15) is 0 Å². The number of likely N-dealkylation sites (tertiary alicyclic amines) is 1. The first-order chi connectivity index (χ1) is 9.11. The first-order valence-electron chi connectivity index (χ1n) is 7.40. The standard InChI is InChI=1S/C14H25N3O2/c1-3-15-8-10(2)14(19)17-7-6-12-11(9-17)4-5-13(18)16-12/h10-12,15H,3-9H2,1-2H3,(H,16,18). The molecular weight excluding hydrogens is 242 g/mol. The highest BCUT2D eigenvalue weighted by Crippen LogP contribution is 2.26. The van der Waals surface area contributed by atoms with Gasteiger partial charge in [0, 0.05) is 38.0 Å². The van der Waals surface area contributed by atoms with E-state index in [9.17, 15) is 9.59 Å². The summed E-state index contributed by atoms with van der Waals surface area (Å²) in [6, 6.07) is 0.286. The van der Waals surface area contributed by atoms with Gasteiger partial charge >= 0.3 is 0 Å². The molecule has 0 aliphatic carbocycles. The second-order valence-corrected chi connectivity index (χ2v) is 5.75. The molecule has 5 heteroatoms. The van der Waals surface area contributed by atoms with Crippen LogP contribution in [-0.4, -0.2) is 48.9 Å². The van der Waals surface area contributed by atoms with Crippen LogP contribution in [-0.2, 0) is 9.59 Å². The highest BCUT2D eigenvalue weighted by Gasteiger charge is 2.36. The Balaban J connectivity index is 1.86. The number of hydrogen-bond donors (Lipinski definition) is 2. The number of rotatable bonds is 4. The molecule has 3 atom stereocenters. The maximum absolute atomic E-state index is 12.3. The van der Waals surface area contributed by atoms with Crippen molar-refractivity contribution in [2.75, 3.05) is 26.2 Å². The maximum Gasteiger partial charge on any atom is 0.226 e. The van der Waals surface area contributed by atoms with Gasteiger partial charge in [-0.25, -0.2) is 0 Å². The van der Waals surface area contributed by atoms with E-state index in [2.05, 4.69) is 10.6 Å². The smallest absolute Gasteiger partial charge is 0.226 e. The van der Waals surface area contributed by atoms with E-state index < -0.39 is 0 Å². The quantitative estimate of drug-likeness (QED) is 0.773. The van der Waals surface area contributed by atoms with E-state index in [4.69, 9.17) is 0 Å².